The summed E-state index contributed by atoms with van der Waals surface area (Å²) in [5.41, 5.74) is 10.6. The monoisotopic (exact) mass is 508 g/mol. The van der Waals surface area contributed by atoms with E-state index in [4.69, 9.17) is 0 Å². The zero-order valence-electron chi connectivity index (χ0n) is 22.0. The second-order valence-electron chi connectivity index (χ2n) is 9.73. The highest BCUT2D eigenvalue weighted by Gasteiger charge is 2.40. The molecule has 1 aliphatic heterocycles. The molecule has 4 aromatic carbocycles. The molecule has 1 aliphatic rings. The summed E-state index contributed by atoms with van der Waals surface area (Å²) in [4.78, 5) is 0. The molecule has 36 heavy (non-hydrogen) atoms. The quantitative estimate of drug-likeness (QED) is 0.249. The van der Waals surface area contributed by atoms with Crippen molar-refractivity contribution >= 4 is 37.5 Å². The average molecular weight is 509 g/mol. The Balaban J connectivity index is 1.76. The lowest BCUT2D eigenvalue weighted by Crippen LogP contribution is -2.23. The second-order valence-corrected chi connectivity index (χ2v) is 15.1. The van der Waals surface area contributed by atoms with Gasteiger partial charge < -0.3 is 9.34 Å². The van der Waals surface area contributed by atoms with E-state index in [1.54, 1.807) is 0 Å². The van der Waals surface area contributed by atoms with E-state index in [0.29, 0.717) is 0 Å². The Morgan fingerprint density at radius 1 is 0.500 bits per heavy atom. The summed E-state index contributed by atoms with van der Waals surface area (Å²) in [6, 6.07) is 31.6. The van der Waals surface area contributed by atoms with Crippen LogP contribution in [0.15, 0.2) is 97.3 Å². The van der Waals surface area contributed by atoms with E-state index in [0.717, 1.165) is 0 Å². The molecule has 0 unspecified atom stereocenters. The van der Waals surface area contributed by atoms with Crippen LogP contribution in [-0.4, -0.2) is 0 Å². The molecule has 1 heterocycles. The number of anilines is 2. The first-order chi connectivity index (χ1) is 17.3. The normalized spacial score (nSPS) is 13.8. The van der Waals surface area contributed by atoms with Crippen LogP contribution < -0.4 is 19.9 Å². The second kappa shape index (κ2) is 10.2. The Kier molecular flexibility index (Phi) is 7.03. The van der Waals surface area contributed by atoms with Crippen molar-refractivity contribution < 1.29 is 0 Å². The third-order valence-electron chi connectivity index (χ3n) is 6.64. The smallest absolute Gasteiger partial charge is 0.138 e. The maximum Gasteiger partial charge on any atom is 0.138 e. The lowest BCUT2D eigenvalue weighted by molar-refractivity contribution is 1.27. The summed E-state index contributed by atoms with van der Waals surface area (Å²) >= 11 is 0. The maximum absolute atomic E-state index is 2.60. The van der Waals surface area contributed by atoms with E-state index < -0.39 is 15.5 Å². The molecule has 2 nitrogen and oxygen atoms in total. The summed E-state index contributed by atoms with van der Waals surface area (Å²) in [6.45, 7) is 13.4. The van der Waals surface area contributed by atoms with Gasteiger partial charge in [0.1, 0.15) is 7.91 Å². The Hall–Kier alpha value is -2.92. The van der Waals surface area contributed by atoms with E-state index >= 15 is 0 Å². The number of rotatable bonds is 5. The molecule has 0 radical (unpaired) electrons. The first kappa shape index (κ1) is 24.8. The molecule has 5 rings (SSSR count). The summed E-state index contributed by atoms with van der Waals surface area (Å²) < 4.78 is 5.20. The van der Waals surface area contributed by atoms with Crippen LogP contribution in [0, 0.1) is 41.5 Å². The van der Waals surface area contributed by atoms with E-state index in [1.165, 1.54) is 55.4 Å². The van der Waals surface area contributed by atoms with Gasteiger partial charge in [0, 0.05) is 20.0 Å². The SMILES string of the molecule is Cc1cc(C)c(N2C=CN(c3c(C)cc(C)cc3C)P2P(c2ccccc2)c2ccccc2)c(C)c1. The molecule has 0 aromatic heterocycles. The van der Waals surface area contributed by atoms with E-state index in [-0.39, 0.29) is 0 Å². The fraction of sp³-hybridized carbons (Fsp3) is 0.188. The van der Waals surface area contributed by atoms with Gasteiger partial charge in [0.25, 0.3) is 0 Å². The van der Waals surface area contributed by atoms with Crippen LogP contribution in [0.3, 0.4) is 0 Å². The molecule has 182 valence electrons. The fourth-order valence-corrected chi connectivity index (χ4v) is 13.1. The Bertz CT molecular complexity index is 1260. The Labute approximate surface area is 218 Å². The molecule has 0 amide bonds. The molecule has 0 saturated carbocycles. The molecule has 0 bridgehead atoms. The van der Waals surface area contributed by atoms with Crippen LogP contribution in [0.1, 0.15) is 33.4 Å². The zero-order valence-corrected chi connectivity index (χ0v) is 23.8. The zero-order chi connectivity index (χ0) is 25.4. The van der Waals surface area contributed by atoms with Crippen molar-refractivity contribution in [2.24, 2.45) is 0 Å². The van der Waals surface area contributed by atoms with Crippen molar-refractivity contribution in [3.63, 3.8) is 0 Å². The van der Waals surface area contributed by atoms with Gasteiger partial charge in [-0.05, 0) is 74.4 Å². The summed E-state index contributed by atoms with van der Waals surface area (Å²) in [7, 11) is -1.49. The van der Waals surface area contributed by atoms with Gasteiger partial charge in [-0.2, -0.15) is 0 Å². The maximum atomic E-state index is 2.60. The number of aryl methyl sites for hydroxylation is 6. The minimum Gasteiger partial charge on any atom is -0.303 e. The molecule has 4 aromatic rings. The van der Waals surface area contributed by atoms with Gasteiger partial charge in [0.15, 0.2) is 0 Å². The summed E-state index contributed by atoms with van der Waals surface area (Å²) in [5.74, 6) is 0. The Morgan fingerprint density at radius 3 is 1.17 bits per heavy atom. The van der Waals surface area contributed by atoms with Crippen molar-refractivity contribution in [2.45, 2.75) is 41.5 Å². The molecule has 0 saturated heterocycles. The third-order valence-corrected chi connectivity index (χ3v) is 13.6. The molecule has 0 N–H and O–H groups in total. The van der Waals surface area contributed by atoms with Crippen molar-refractivity contribution in [3.05, 3.63) is 131 Å². The van der Waals surface area contributed by atoms with Gasteiger partial charge >= 0.3 is 0 Å². The van der Waals surface area contributed by atoms with Crippen LogP contribution in [0.5, 0.6) is 0 Å². The van der Waals surface area contributed by atoms with Crippen molar-refractivity contribution in [2.75, 3.05) is 9.34 Å². The standard InChI is InChI=1S/C32H34N2P2/c1-23-19-25(3)31(26(4)20-23)33-17-18-34(32-27(5)21-24(2)22-28(32)6)36(33)35(29-13-9-7-10-14-29)30-15-11-8-12-16-30/h7-22H,1-6H3. The summed E-state index contributed by atoms with van der Waals surface area (Å²) in [6.07, 6.45) is 4.66. The lowest BCUT2D eigenvalue weighted by atomic mass is 10.1. The van der Waals surface area contributed by atoms with E-state index in [2.05, 4.69) is 148 Å². The lowest BCUT2D eigenvalue weighted by Gasteiger charge is -2.40. The minimum atomic E-state index is -0.804. The first-order valence-corrected chi connectivity index (χ1v) is 15.8. The van der Waals surface area contributed by atoms with Crippen LogP contribution in [0.25, 0.3) is 0 Å². The van der Waals surface area contributed by atoms with Crippen LogP contribution >= 0.6 is 15.5 Å². The third kappa shape index (κ3) is 4.61. The highest BCUT2D eigenvalue weighted by Crippen LogP contribution is 2.75. The van der Waals surface area contributed by atoms with E-state index in [9.17, 15) is 0 Å². The van der Waals surface area contributed by atoms with Gasteiger partial charge in [0.2, 0.25) is 0 Å². The highest BCUT2D eigenvalue weighted by atomic mass is 32.1. The van der Waals surface area contributed by atoms with Crippen LogP contribution in [0.4, 0.5) is 11.4 Å². The number of nitrogens with zero attached hydrogens (tertiary/aromatic N) is 2. The Morgan fingerprint density at radius 2 is 0.833 bits per heavy atom. The molecular formula is C32H34N2P2. The topological polar surface area (TPSA) is 6.48 Å². The van der Waals surface area contributed by atoms with Gasteiger partial charge in [-0.15, -0.1) is 0 Å². The van der Waals surface area contributed by atoms with Gasteiger partial charge in [0.05, 0.1) is 11.4 Å². The molecule has 0 aliphatic carbocycles. The van der Waals surface area contributed by atoms with Crippen LogP contribution in [-0.2, 0) is 0 Å². The van der Waals surface area contributed by atoms with Crippen molar-refractivity contribution in [1.29, 1.82) is 0 Å². The fourth-order valence-electron chi connectivity index (χ4n) is 5.43. The average Bonchev–Trinajstić information content (AvgIpc) is 3.23. The number of hydrogen-bond acceptors (Lipinski definition) is 2. The first-order valence-electron chi connectivity index (χ1n) is 12.5. The largest absolute Gasteiger partial charge is 0.303 e. The van der Waals surface area contributed by atoms with Gasteiger partial charge in [-0.3, -0.25) is 0 Å². The minimum absolute atomic E-state index is 0.689. The predicted molar refractivity (Wildman–Crippen MR) is 161 cm³/mol. The van der Waals surface area contributed by atoms with Gasteiger partial charge in [-0.25, -0.2) is 0 Å². The van der Waals surface area contributed by atoms with Crippen molar-refractivity contribution in [1.82, 2.24) is 0 Å². The molecular weight excluding hydrogens is 474 g/mol. The molecule has 4 heteroatoms. The summed E-state index contributed by atoms with van der Waals surface area (Å²) in [5, 5.41) is 2.82. The highest BCUT2D eigenvalue weighted by molar-refractivity contribution is 8.37. The number of benzene rings is 4. The molecule has 0 atom stereocenters. The van der Waals surface area contributed by atoms with Crippen LogP contribution in [0.2, 0.25) is 0 Å². The molecule has 0 spiro atoms. The molecule has 0 fully saturated rings. The predicted octanol–water partition coefficient (Wildman–Crippen LogP) is 8.69. The van der Waals surface area contributed by atoms with Crippen molar-refractivity contribution in [3.8, 4) is 0 Å². The van der Waals surface area contributed by atoms with Gasteiger partial charge in [-0.1, -0.05) is 96.1 Å². The van der Waals surface area contributed by atoms with E-state index in [1.807, 2.05) is 0 Å². The number of hydrogen-bond donors (Lipinski definition) is 0.